The Kier molecular flexibility index (Phi) is 5.37. The monoisotopic (exact) mass is 439 g/mol. The number of methoxy groups -OCH3 is 1. The van der Waals surface area contributed by atoms with Gasteiger partial charge in [0, 0.05) is 10.4 Å². The lowest BCUT2D eigenvalue weighted by molar-refractivity contribution is 0.404. The van der Waals surface area contributed by atoms with E-state index >= 15 is 0 Å². The largest absolute Gasteiger partial charge is 0.493 e. The number of hydrogen-bond donors (Lipinski definition) is 0. The summed E-state index contributed by atoms with van der Waals surface area (Å²) in [7, 11) is -2.36. The van der Waals surface area contributed by atoms with Crippen molar-refractivity contribution in [3.63, 3.8) is 0 Å². The van der Waals surface area contributed by atoms with Crippen LogP contribution in [-0.4, -0.2) is 15.5 Å². The van der Waals surface area contributed by atoms with E-state index in [2.05, 4.69) is 4.99 Å². The lowest BCUT2D eigenvalue weighted by Crippen LogP contribution is -2.16. The minimum absolute atomic E-state index is 0.0259. The Morgan fingerprint density at radius 1 is 0.967 bits per heavy atom. The van der Waals surface area contributed by atoms with E-state index in [1.807, 2.05) is 6.92 Å². The fourth-order valence-electron chi connectivity index (χ4n) is 3.01. The maximum absolute atomic E-state index is 13.4. The molecule has 0 amide bonds. The highest BCUT2D eigenvalue weighted by Crippen LogP contribution is 2.28. The van der Waals surface area contributed by atoms with Crippen LogP contribution in [0.5, 0.6) is 5.75 Å². The zero-order valence-corrected chi connectivity index (χ0v) is 17.9. The van der Waals surface area contributed by atoms with Crippen LogP contribution in [0.2, 0.25) is 5.02 Å². The molecule has 30 heavy (non-hydrogen) atoms. The Morgan fingerprint density at radius 2 is 1.67 bits per heavy atom. The molecule has 152 valence electrons. The number of fused-ring (bicyclic) bond motifs is 1. The summed E-state index contributed by atoms with van der Waals surface area (Å²) in [5, 5.41) is 1.15. The van der Waals surface area contributed by atoms with E-state index in [1.54, 1.807) is 72.8 Å². The molecule has 0 radical (unpaired) electrons. The Hall–Kier alpha value is -3.09. The molecule has 1 heterocycles. The second kappa shape index (κ2) is 7.97. The van der Waals surface area contributed by atoms with Gasteiger partial charge in [0.05, 0.1) is 17.7 Å². The first-order valence-electron chi connectivity index (χ1n) is 9.11. The average Bonchev–Trinajstić information content (AvgIpc) is 2.74. The normalized spacial score (nSPS) is 12.3. The summed E-state index contributed by atoms with van der Waals surface area (Å²) < 4.78 is 38.2. The van der Waals surface area contributed by atoms with Gasteiger partial charge in [0.15, 0.2) is 11.3 Å². The Balaban J connectivity index is 2.04. The van der Waals surface area contributed by atoms with Gasteiger partial charge in [-0.3, -0.25) is 0 Å². The lowest BCUT2D eigenvalue weighted by Gasteiger charge is -2.09. The third-order valence-electron chi connectivity index (χ3n) is 4.60. The summed E-state index contributed by atoms with van der Waals surface area (Å²) in [6.07, 6.45) is 0. The van der Waals surface area contributed by atoms with Crippen LogP contribution in [0.1, 0.15) is 5.56 Å². The summed E-state index contributed by atoms with van der Waals surface area (Å²) in [4.78, 5) is 4.60. The first-order chi connectivity index (χ1) is 14.4. The maximum Gasteiger partial charge on any atom is 0.239 e. The van der Waals surface area contributed by atoms with Gasteiger partial charge in [-0.15, -0.1) is 0 Å². The SMILES string of the molecule is COc1cccc2cc(S(=O)(=O)c3ccc(C)cc3)c(=Nc3ccc(Cl)cc3)oc12. The highest BCUT2D eigenvalue weighted by Gasteiger charge is 2.23. The molecule has 0 bridgehead atoms. The van der Waals surface area contributed by atoms with Crippen LogP contribution in [0.15, 0.2) is 92.0 Å². The molecule has 0 aliphatic heterocycles. The van der Waals surface area contributed by atoms with Crippen LogP contribution in [0.25, 0.3) is 11.0 Å². The summed E-state index contributed by atoms with van der Waals surface area (Å²) in [5.74, 6) is 0.485. The van der Waals surface area contributed by atoms with Crippen LogP contribution in [0.4, 0.5) is 5.69 Å². The molecule has 4 rings (SSSR count). The van der Waals surface area contributed by atoms with Gasteiger partial charge in [-0.2, -0.15) is 0 Å². The zero-order valence-electron chi connectivity index (χ0n) is 16.3. The predicted octanol–water partition coefficient (Wildman–Crippen LogP) is 5.47. The van der Waals surface area contributed by atoms with Crippen LogP contribution in [0.3, 0.4) is 0 Å². The molecular weight excluding hydrogens is 422 g/mol. The molecule has 0 N–H and O–H groups in total. The van der Waals surface area contributed by atoms with Gasteiger partial charge in [-0.1, -0.05) is 41.4 Å². The standard InChI is InChI=1S/C23H18ClNO4S/c1-15-6-12-19(13-7-15)30(26,27)21-14-16-4-3-5-20(28-2)22(16)29-23(21)25-18-10-8-17(24)9-11-18/h3-14H,1-2H3. The number of rotatable bonds is 4. The smallest absolute Gasteiger partial charge is 0.239 e. The number of aryl methyl sites for hydroxylation is 1. The van der Waals surface area contributed by atoms with E-state index in [1.165, 1.54) is 7.11 Å². The average molecular weight is 440 g/mol. The van der Waals surface area contributed by atoms with E-state index in [0.29, 0.717) is 27.4 Å². The molecule has 0 saturated heterocycles. The summed E-state index contributed by atoms with van der Waals surface area (Å²) in [6, 6.07) is 20.2. The van der Waals surface area contributed by atoms with Crippen molar-refractivity contribution < 1.29 is 17.6 Å². The van der Waals surface area contributed by atoms with Gasteiger partial charge in [-0.05, 0) is 55.5 Å². The highest BCUT2D eigenvalue weighted by atomic mass is 35.5. The van der Waals surface area contributed by atoms with Crippen molar-refractivity contribution in [1.82, 2.24) is 0 Å². The number of halogens is 1. The summed E-state index contributed by atoms with van der Waals surface area (Å²) >= 11 is 5.95. The van der Waals surface area contributed by atoms with E-state index < -0.39 is 9.84 Å². The first kappa shape index (κ1) is 20.2. The number of nitrogens with zero attached hydrogens (tertiary/aromatic N) is 1. The number of hydrogen-bond acceptors (Lipinski definition) is 5. The predicted molar refractivity (Wildman–Crippen MR) is 116 cm³/mol. The Labute approximate surface area is 179 Å². The number of sulfone groups is 1. The molecular formula is C23H18ClNO4S. The van der Waals surface area contributed by atoms with Gasteiger partial charge >= 0.3 is 0 Å². The fraction of sp³-hybridized carbons (Fsp3) is 0.0870. The molecule has 0 saturated carbocycles. The van der Waals surface area contributed by atoms with E-state index in [9.17, 15) is 8.42 Å². The van der Waals surface area contributed by atoms with Crippen LogP contribution in [0, 0.1) is 6.92 Å². The van der Waals surface area contributed by atoms with Gasteiger partial charge in [-0.25, -0.2) is 13.4 Å². The van der Waals surface area contributed by atoms with Crippen LogP contribution in [-0.2, 0) is 9.84 Å². The van der Waals surface area contributed by atoms with Crippen LogP contribution >= 0.6 is 11.6 Å². The molecule has 0 atom stereocenters. The topological polar surface area (TPSA) is 68.9 Å². The summed E-state index contributed by atoms with van der Waals surface area (Å²) in [5.41, 5.74) is 1.86. The second-order valence-electron chi connectivity index (χ2n) is 6.70. The number of benzene rings is 3. The first-order valence-corrected chi connectivity index (χ1v) is 11.0. The van der Waals surface area contributed by atoms with Gasteiger partial charge in [0.2, 0.25) is 15.4 Å². The van der Waals surface area contributed by atoms with Crippen molar-refractivity contribution in [1.29, 1.82) is 0 Å². The minimum Gasteiger partial charge on any atom is -0.493 e. The molecule has 4 aromatic rings. The molecule has 1 aromatic heterocycles. The van der Waals surface area contributed by atoms with Crippen LogP contribution < -0.4 is 10.3 Å². The lowest BCUT2D eigenvalue weighted by atomic mass is 10.2. The molecule has 3 aromatic carbocycles. The molecule has 0 fully saturated rings. The molecule has 5 nitrogen and oxygen atoms in total. The number of para-hydroxylation sites is 1. The third kappa shape index (κ3) is 3.84. The van der Waals surface area contributed by atoms with Crippen molar-refractivity contribution in [2.24, 2.45) is 4.99 Å². The number of ether oxygens (including phenoxy) is 1. The van der Waals surface area contributed by atoms with E-state index in [0.717, 1.165) is 5.56 Å². The van der Waals surface area contributed by atoms with Crippen molar-refractivity contribution >= 4 is 38.1 Å². The Morgan fingerprint density at radius 3 is 2.33 bits per heavy atom. The fourth-order valence-corrected chi connectivity index (χ4v) is 4.49. The molecule has 0 aliphatic carbocycles. The zero-order chi connectivity index (χ0) is 21.3. The quantitative estimate of drug-likeness (QED) is 0.423. The van der Waals surface area contributed by atoms with Gasteiger partial charge in [0.1, 0.15) is 4.90 Å². The second-order valence-corrected chi connectivity index (χ2v) is 9.05. The van der Waals surface area contributed by atoms with Crippen molar-refractivity contribution in [2.45, 2.75) is 16.7 Å². The van der Waals surface area contributed by atoms with E-state index in [-0.39, 0.29) is 15.3 Å². The van der Waals surface area contributed by atoms with Crippen molar-refractivity contribution in [3.8, 4) is 5.75 Å². The molecule has 0 unspecified atom stereocenters. The van der Waals surface area contributed by atoms with Gasteiger partial charge < -0.3 is 9.15 Å². The highest BCUT2D eigenvalue weighted by molar-refractivity contribution is 7.91. The Bertz CT molecular complexity index is 1390. The minimum atomic E-state index is -3.88. The molecule has 7 heteroatoms. The van der Waals surface area contributed by atoms with E-state index in [4.69, 9.17) is 20.8 Å². The van der Waals surface area contributed by atoms with Crippen molar-refractivity contribution in [2.75, 3.05) is 7.11 Å². The molecule has 0 aliphatic rings. The maximum atomic E-state index is 13.4. The summed E-state index contributed by atoms with van der Waals surface area (Å²) in [6.45, 7) is 1.90. The van der Waals surface area contributed by atoms with Crippen molar-refractivity contribution in [3.05, 3.63) is 88.9 Å². The molecule has 0 spiro atoms. The van der Waals surface area contributed by atoms with Gasteiger partial charge in [0.25, 0.3) is 0 Å². The third-order valence-corrected chi connectivity index (χ3v) is 6.62.